The zero-order chi connectivity index (χ0) is 13.7. The minimum absolute atomic E-state index is 0.0259. The van der Waals surface area contributed by atoms with Crippen LogP contribution in [0.3, 0.4) is 0 Å². The van der Waals surface area contributed by atoms with Gasteiger partial charge in [0.1, 0.15) is 0 Å². The average molecular weight is 253 g/mol. The molecular formula is C13H23N3O2. The maximum Gasteiger partial charge on any atom is 0.220 e. The summed E-state index contributed by atoms with van der Waals surface area (Å²) >= 11 is 0. The monoisotopic (exact) mass is 253 g/mol. The van der Waals surface area contributed by atoms with Crippen molar-refractivity contribution in [3.8, 4) is 0 Å². The van der Waals surface area contributed by atoms with Gasteiger partial charge in [0.15, 0.2) is 0 Å². The number of nitrogens with zero attached hydrogens (tertiary/aromatic N) is 2. The highest BCUT2D eigenvalue weighted by atomic mass is 16.3. The number of aromatic nitrogens is 2. The number of nitrogens with one attached hydrogen (secondary N) is 1. The summed E-state index contributed by atoms with van der Waals surface area (Å²) in [7, 11) is 1.91. The maximum atomic E-state index is 11.6. The molecule has 1 aromatic rings. The van der Waals surface area contributed by atoms with E-state index in [-0.39, 0.29) is 18.4 Å². The lowest BCUT2D eigenvalue weighted by Crippen LogP contribution is -2.29. The van der Waals surface area contributed by atoms with Crippen LogP contribution < -0.4 is 5.32 Å². The van der Waals surface area contributed by atoms with Gasteiger partial charge in [-0.2, -0.15) is 5.10 Å². The average Bonchev–Trinajstić information content (AvgIpc) is 2.58. The Balaban J connectivity index is 2.43. The lowest BCUT2D eigenvalue weighted by atomic mass is 10.1. The quantitative estimate of drug-likeness (QED) is 0.785. The zero-order valence-electron chi connectivity index (χ0n) is 11.7. The van der Waals surface area contributed by atoms with E-state index in [2.05, 4.69) is 10.4 Å². The van der Waals surface area contributed by atoms with Crippen molar-refractivity contribution >= 4 is 5.91 Å². The Morgan fingerprint density at radius 2 is 2.17 bits per heavy atom. The Morgan fingerprint density at radius 1 is 1.50 bits per heavy atom. The fourth-order valence-corrected chi connectivity index (χ4v) is 1.86. The van der Waals surface area contributed by atoms with Crippen molar-refractivity contribution in [1.29, 1.82) is 0 Å². The van der Waals surface area contributed by atoms with Gasteiger partial charge in [-0.3, -0.25) is 9.48 Å². The fraction of sp³-hybridized carbons (Fsp3) is 0.692. The van der Waals surface area contributed by atoms with Gasteiger partial charge < -0.3 is 10.4 Å². The maximum absolute atomic E-state index is 11.6. The van der Waals surface area contributed by atoms with E-state index in [0.29, 0.717) is 19.4 Å². The van der Waals surface area contributed by atoms with E-state index >= 15 is 0 Å². The normalized spacial score (nSPS) is 12.5. The third-order valence-electron chi connectivity index (χ3n) is 3.22. The van der Waals surface area contributed by atoms with Crippen molar-refractivity contribution in [1.82, 2.24) is 15.1 Å². The van der Waals surface area contributed by atoms with Gasteiger partial charge in [0.25, 0.3) is 0 Å². The highest BCUT2D eigenvalue weighted by Crippen LogP contribution is 2.13. The van der Waals surface area contributed by atoms with Gasteiger partial charge in [0, 0.05) is 32.3 Å². The van der Waals surface area contributed by atoms with E-state index in [1.807, 2.05) is 32.5 Å². The SMILES string of the molecule is Cc1nn(C)c(C)c1CCC(=O)NCC(C)CO. The van der Waals surface area contributed by atoms with Crippen LogP contribution in [0.5, 0.6) is 0 Å². The lowest BCUT2D eigenvalue weighted by Gasteiger charge is -2.09. The number of amides is 1. The number of carbonyl (C=O) groups is 1. The molecule has 0 saturated carbocycles. The van der Waals surface area contributed by atoms with Crippen molar-refractivity contribution in [3.63, 3.8) is 0 Å². The minimum atomic E-state index is 0.0259. The van der Waals surface area contributed by atoms with Crippen LogP contribution in [0.2, 0.25) is 0 Å². The second-order valence-corrected chi connectivity index (χ2v) is 4.86. The molecule has 2 N–H and O–H groups in total. The highest BCUT2D eigenvalue weighted by molar-refractivity contribution is 5.76. The smallest absolute Gasteiger partial charge is 0.220 e. The molecule has 102 valence electrons. The molecule has 0 radical (unpaired) electrons. The molecule has 1 heterocycles. The molecule has 5 heteroatoms. The topological polar surface area (TPSA) is 67.2 Å². The molecule has 5 nitrogen and oxygen atoms in total. The summed E-state index contributed by atoms with van der Waals surface area (Å²) in [6.07, 6.45) is 1.18. The number of hydrogen-bond donors (Lipinski definition) is 2. The highest BCUT2D eigenvalue weighted by Gasteiger charge is 2.11. The molecule has 1 amide bonds. The molecule has 18 heavy (non-hydrogen) atoms. The molecule has 0 spiro atoms. The summed E-state index contributed by atoms with van der Waals surface area (Å²) in [5, 5.41) is 16.0. The van der Waals surface area contributed by atoms with Crippen LogP contribution in [-0.4, -0.2) is 33.9 Å². The summed E-state index contributed by atoms with van der Waals surface area (Å²) < 4.78 is 1.84. The third-order valence-corrected chi connectivity index (χ3v) is 3.22. The Labute approximate surface area is 108 Å². The van der Waals surface area contributed by atoms with Crippen LogP contribution in [0, 0.1) is 19.8 Å². The molecular weight excluding hydrogens is 230 g/mol. The molecule has 0 bridgehead atoms. The van der Waals surface area contributed by atoms with Gasteiger partial charge in [-0.1, -0.05) is 6.92 Å². The third kappa shape index (κ3) is 3.84. The number of aryl methyl sites for hydroxylation is 2. The van der Waals surface area contributed by atoms with Crippen LogP contribution in [0.1, 0.15) is 30.3 Å². The molecule has 0 saturated heterocycles. The first-order valence-electron chi connectivity index (χ1n) is 6.32. The van der Waals surface area contributed by atoms with Crippen molar-refractivity contribution in [2.45, 2.75) is 33.6 Å². The molecule has 0 aliphatic carbocycles. The van der Waals surface area contributed by atoms with Crippen LogP contribution in [0.25, 0.3) is 0 Å². The van der Waals surface area contributed by atoms with E-state index < -0.39 is 0 Å². The number of aliphatic hydroxyl groups is 1. The van der Waals surface area contributed by atoms with Crippen molar-refractivity contribution in [2.75, 3.05) is 13.2 Å². The Kier molecular flexibility index (Phi) is 5.34. The number of hydrogen-bond acceptors (Lipinski definition) is 3. The summed E-state index contributed by atoms with van der Waals surface area (Å²) in [4.78, 5) is 11.6. The molecule has 0 aliphatic heterocycles. The summed E-state index contributed by atoms with van der Waals surface area (Å²) in [6, 6.07) is 0. The predicted molar refractivity (Wildman–Crippen MR) is 70.3 cm³/mol. The molecule has 1 atom stereocenters. The van der Waals surface area contributed by atoms with E-state index in [4.69, 9.17) is 5.11 Å². The van der Waals surface area contributed by atoms with Crippen LogP contribution in [-0.2, 0) is 18.3 Å². The van der Waals surface area contributed by atoms with Crippen LogP contribution >= 0.6 is 0 Å². The summed E-state index contributed by atoms with van der Waals surface area (Å²) in [6.45, 7) is 6.51. The zero-order valence-corrected chi connectivity index (χ0v) is 11.7. The van der Waals surface area contributed by atoms with Crippen molar-refractivity contribution in [2.24, 2.45) is 13.0 Å². The summed E-state index contributed by atoms with van der Waals surface area (Å²) in [5.41, 5.74) is 3.26. The van der Waals surface area contributed by atoms with Crippen molar-refractivity contribution in [3.05, 3.63) is 17.0 Å². The summed E-state index contributed by atoms with van der Waals surface area (Å²) in [5.74, 6) is 0.133. The standard InChI is InChI=1S/C13H23N3O2/c1-9(8-17)7-14-13(18)6-5-12-10(2)15-16(4)11(12)3/h9,17H,5-8H2,1-4H3,(H,14,18). The lowest BCUT2D eigenvalue weighted by molar-refractivity contribution is -0.121. The van der Waals surface area contributed by atoms with Crippen molar-refractivity contribution < 1.29 is 9.90 Å². The van der Waals surface area contributed by atoms with Gasteiger partial charge in [-0.05, 0) is 31.7 Å². The number of aliphatic hydroxyl groups excluding tert-OH is 1. The molecule has 0 fully saturated rings. The van der Waals surface area contributed by atoms with E-state index in [1.165, 1.54) is 0 Å². The first-order chi connectivity index (χ1) is 8.45. The number of carbonyl (C=O) groups excluding carboxylic acids is 1. The Hall–Kier alpha value is -1.36. The molecule has 1 aromatic heterocycles. The minimum Gasteiger partial charge on any atom is -0.396 e. The second-order valence-electron chi connectivity index (χ2n) is 4.86. The Morgan fingerprint density at radius 3 is 2.67 bits per heavy atom. The Bertz CT molecular complexity index is 413. The van der Waals surface area contributed by atoms with Gasteiger partial charge in [0.05, 0.1) is 5.69 Å². The first kappa shape index (κ1) is 14.7. The molecule has 1 unspecified atom stereocenters. The van der Waals surface area contributed by atoms with Crippen LogP contribution in [0.4, 0.5) is 0 Å². The van der Waals surface area contributed by atoms with E-state index in [1.54, 1.807) is 0 Å². The number of rotatable bonds is 6. The van der Waals surface area contributed by atoms with Crippen LogP contribution in [0.15, 0.2) is 0 Å². The molecule has 0 aromatic carbocycles. The fourth-order valence-electron chi connectivity index (χ4n) is 1.86. The van der Waals surface area contributed by atoms with Gasteiger partial charge in [-0.15, -0.1) is 0 Å². The first-order valence-corrected chi connectivity index (χ1v) is 6.32. The van der Waals surface area contributed by atoms with Gasteiger partial charge >= 0.3 is 0 Å². The molecule has 1 rings (SSSR count). The largest absolute Gasteiger partial charge is 0.396 e. The van der Waals surface area contributed by atoms with E-state index in [9.17, 15) is 4.79 Å². The molecule has 0 aliphatic rings. The van der Waals surface area contributed by atoms with Gasteiger partial charge in [0.2, 0.25) is 5.91 Å². The predicted octanol–water partition coefficient (Wildman–Crippen LogP) is 0.714. The second kappa shape index (κ2) is 6.54. The van der Waals surface area contributed by atoms with E-state index in [0.717, 1.165) is 17.0 Å². The van der Waals surface area contributed by atoms with Gasteiger partial charge in [-0.25, -0.2) is 0 Å².